The van der Waals surface area contributed by atoms with Gasteiger partial charge in [-0.2, -0.15) is 0 Å². The Kier molecular flexibility index (Phi) is 5.09. The number of hydrogen-bond acceptors (Lipinski definition) is 2. The average molecular weight is 254 g/mol. The van der Waals surface area contributed by atoms with Gasteiger partial charge in [0.25, 0.3) is 0 Å². The zero-order valence-electron chi connectivity index (χ0n) is 10.7. The maximum atomic E-state index is 12.7. The van der Waals surface area contributed by atoms with Gasteiger partial charge >= 0.3 is 6.03 Å². The van der Waals surface area contributed by atoms with Crippen LogP contribution in [0.15, 0.2) is 24.3 Å². The van der Waals surface area contributed by atoms with Crippen LogP contribution in [0.4, 0.5) is 14.9 Å². The Labute approximate surface area is 106 Å². The minimum Gasteiger partial charge on any atom is -0.396 e. The highest BCUT2D eigenvalue weighted by Crippen LogP contribution is 2.14. The smallest absolute Gasteiger partial charge is 0.319 e. The van der Waals surface area contributed by atoms with Crippen LogP contribution in [0.2, 0.25) is 0 Å². The van der Waals surface area contributed by atoms with E-state index in [0.29, 0.717) is 18.5 Å². The van der Waals surface area contributed by atoms with Crippen molar-refractivity contribution in [3.8, 4) is 0 Å². The molecule has 0 saturated carbocycles. The van der Waals surface area contributed by atoms with E-state index in [1.54, 1.807) is 0 Å². The van der Waals surface area contributed by atoms with Crippen LogP contribution in [0, 0.1) is 5.82 Å². The van der Waals surface area contributed by atoms with Crippen molar-refractivity contribution in [3.05, 3.63) is 30.1 Å². The number of anilines is 1. The molecule has 0 saturated heterocycles. The van der Waals surface area contributed by atoms with Crippen LogP contribution in [-0.2, 0) is 0 Å². The average Bonchev–Trinajstić information content (AvgIpc) is 2.32. The first-order valence-corrected chi connectivity index (χ1v) is 5.94. The third-order valence-electron chi connectivity index (χ3n) is 2.96. The standard InChI is InChI=1S/C13H19FN2O2/c1-3-13(2,8-9-17)16-12(18)15-11-6-4-10(14)5-7-11/h4-7,17H,3,8-9H2,1-2H3,(H2,15,16,18). The number of aliphatic hydroxyl groups excluding tert-OH is 1. The minimum atomic E-state index is -0.446. The molecule has 3 N–H and O–H groups in total. The number of nitrogens with one attached hydrogen (secondary N) is 2. The maximum absolute atomic E-state index is 12.7. The van der Waals surface area contributed by atoms with Crippen molar-refractivity contribution in [2.45, 2.75) is 32.2 Å². The summed E-state index contributed by atoms with van der Waals surface area (Å²) in [6, 6.07) is 5.18. The second-order valence-corrected chi connectivity index (χ2v) is 4.47. The molecule has 0 bridgehead atoms. The number of amides is 2. The predicted molar refractivity (Wildman–Crippen MR) is 69.0 cm³/mol. The second-order valence-electron chi connectivity index (χ2n) is 4.47. The number of carbonyl (C=O) groups is 1. The van der Waals surface area contributed by atoms with Gasteiger partial charge in [-0.3, -0.25) is 0 Å². The topological polar surface area (TPSA) is 61.4 Å². The van der Waals surface area contributed by atoms with Gasteiger partial charge in [0, 0.05) is 17.8 Å². The van der Waals surface area contributed by atoms with Crippen LogP contribution in [0.5, 0.6) is 0 Å². The monoisotopic (exact) mass is 254 g/mol. The third-order valence-corrected chi connectivity index (χ3v) is 2.96. The van der Waals surface area contributed by atoms with Gasteiger partial charge in [0.05, 0.1) is 0 Å². The zero-order valence-corrected chi connectivity index (χ0v) is 10.7. The summed E-state index contributed by atoms with van der Waals surface area (Å²) >= 11 is 0. The predicted octanol–water partition coefficient (Wildman–Crippen LogP) is 2.50. The summed E-state index contributed by atoms with van der Waals surface area (Å²) < 4.78 is 12.7. The molecule has 5 heteroatoms. The second kappa shape index (κ2) is 6.35. The Balaban J connectivity index is 2.58. The molecule has 0 aliphatic carbocycles. The van der Waals surface area contributed by atoms with Crippen molar-refractivity contribution < 1.29 is 14.3 Å². The van der Waals surface area contributed by atoms with E-state index in [2.05, 4.69) is 10.6 Å². The molecule has 0 aliphatic heterocycles. The Bertz CT molecular complexity index is 394. The molecule has 0 aromatic heterocycles. The number of aliphatic hydroxyl groups is 1. The number of rotatable bonds is 5. The van der Waals surface area contributed by atoms with Crippen molar-refractivity contribution >= 4 is 11.7 Å². The first kappa shape index (κ1) is 14.4. The summed E-state index contributed by atoms with van der Waals surface area (Å²) in [7, 11) is 0. The molecule has 1 unspecified atom stereocenters. The van der Waals surface area contributed by atoms with Crippen LogP contribution < -0.4 is 10.6 Å². The van der Waals surface area contributed by atoms with Crippen LogP contribution in [0.1, 0.15) is 26.7 Å². The molecule has 0 fully saturated rings. The number of halogens is 1. The molecule has 4 nitrogen and oxygen atoms in total. The lowest BCUT2D eigenvalue weighted by atomic mass is 9.95. The zero-order chi connectivity index (χ0) is 13.6. The van der Waals surface area contributed by atoms with Gasteiger partial charge < -0.3 is 15.7 Å². The highest BCUT2D eigenvalue weighted by atomic mass is 19.1. The first-order chi connectivity index (χ1) is 8.49. The van der Waals surface area contributed by atoms with Gasteiger partial charge in [0.15, 0.2) is 0 Å². The van der Waals surface area contributed by atoms with Crippen molar-refractivity contribution in [1.29, 1.82) is 0 Å². The summed E-state index contributed by atoms with van der Waals surface area (Å²) in [6.07, 6.45) is 1.20. The van der Waals surface area contributed by atoms with E-state index in [4.69, 9.17) is 5.11 Å². The fourth-order valence-corrected chi connectivity index (χ4v) is 1.54. The lowest BCUT2D eigenvalue weighted by Crippen LogP contribution is -2.48. The normalized spacial score (nSPS) is 13.8. The molecule has 18 heavy (non-hydrogen) atoms. The maximum Gasteiger partial charge on any atom is 0.319 e. The van der Waals surface area contributed by atoms with E-state index >= 15 is 0 Å². The minimum absolute atomic E-state index is 0.0150. The Morgan fingerprint density at radius 1 is 1.39 bits per heavy atom. The summed E-state index contributed by atoms with van der Waals surface area (Å²) in [5.74, 6) is -0.348. The molecule has 2 amide bonds. The number of urea groups is 1. The van der Waals surface area contributed by atoms with Gasteiger partial charge in [-0.05, 0) is 44.0 Å². The fourth-order valence-electron chi connectivity index (χ4n) is 1.54. The third kappa shape index (κ3) is 4.33. The van der Waals surface area contributed by atoms with Crippen LogP contribution >= 0.6 is 0 Å². The quantitative estimate of drug-likeness (QED) is 0.756. The van der Waals surface area contributed by atoms with Crippen molar-refractivity contribution in [1.82, 2.24) is 5.32 Å². The first-order valence-electron chi connectivity index (χ1n) is 5.94. The van der Waals surface area contributed by atoms with Gasteiger partial charge in [-0.25, -0.2) is 9.18 Å². The summed E-state index contributed by atoms with van der Waals surface area (Å²) in [4.78, 5) is 11.7. The SMILES string of the molecule is CCC(C)(CCO)NC(=O)Nc1ccc(F)cc1. The van der Waals surface area contributed by atoms with Crippen LogP contribution in [0.3, 0.4) is 0 Å². The van der Waals surface area contributed by atoms with Crippen molar-refractivity contribution in [2.24, 2.45) is 0 Å². The molecule has 1 aromatic carbocycles. The lowest BCUT2D eigenvalue weighted by Gasteiger charge is -2.29. The van der Waals surface area contributed by atoms with E-state index in [-0.39, 0.29) is 18.5 Å². The van der Waals surface area contributed by atoms with Crippen LogP contribution in [-0.4, -0.2) is 23.3 Å². The van der Waals surface area contributed by atoms with Gasteiger partial charge in [0.1, 0.15) is 5.82 Å². The van der Waals surface area contributed by atoms with Crippen LogP contribution in [0.25, 0.3) is 0 Å². The molecule has 0 radical (unpaired) electrons. The van der Waals surface area contributed by atoms with Crippen molar-refractivity contribution in [3.63, 3.8) is 0 Å². The van der Waals surface area contributed by atoms with E-state index in [1.807, 2.05) is 13.8 Å². The summed E-state index contributed by atoms with van der Waals surface area (Å²) in [5.41, 5.74) is 0.0788. The van der Waals surface area contributed by atoms with Gasteiger partial charge in [-0.1, -0.05) is 6.92 Å². The van der Waals surface area contributed by atoms with E-state index in [9.17, 15) is 9.18 Å². The lowest BCUT2D eigenvalue weighted by molar-refractivity contribution is 0.208. The molecule has 0 aliphatic rings. The number of benzene rings is 1. The number of hydrogen-bond donors (Lipinski definition) is 3. The molecular weight excluding hydrogens is 235 g/mol. The Morgan fingerprint density at radius 3 is 2.50 bits per heavy atom. The summed E-state index contributed by atoms with van der Waals surface area (Å²) in [6.45, 7) is 3.82. The fraction of sp³-hybridized carbons (Fsp3) is 0.462. The molecule has 0 heterocycles. The molecule has 1 aromatic rings. The highest BCUT2D eigenvalue weighted by molar-refractivity contribution is 5.89. The largest absolute Gasteiger partial charge is 0.396 e. The van der Waals surface area contributed by atoms with E-state index in [0.717, 1.165) is 0 Å². The summed E-state index contributed by atoms with van der Waals surface area (Å²) in [5, 5.41) is 14.4. The molecule has 1 atom stereocenters. The van der Waals surface area contributed by atoms with E-state index in [1.165, 1.54) is 24.3 Å². The highest BCUT2D eigenvalue weighted by Gasteiger charge is 2.23. The number of carbonyl (C=O) groups excluding carboxylic acids is 1. The molecular formula is C13H19FN2O2. The molecule has 1 rings (SSSR count). The molecule has 0 spiro atoms. The van der Waals surface area contributed by atoms with Gasteiger partial charge in [-0.15, -0.1) is 0 Å². The Morgan fingerprint density at radius 2 is 2.00 bits per heavy atom. The van der Waals surface area contributed by atoms with E-state index < -0.39 is 5.54 Å². The Hall–Kier alpha value is -1.62. The molecule has 100 valence electrons. The van der Waals surface area contributed by atoms with Crippen molar-refractivity contribution in [2.75, 3.05) is 11.9 Å². The van der Waals surface area contributed by atoms with Gasteiger partial charge in [0.2, 0.25) is 0 Å².